The number of benzene rings is 1. The predicted octanol–water partition coefficient (Wildman–Crippen LogP) is 2.73. The van der Waals surface area contributed by atoms with Crippen LogP contribution in [-0.2, 0) is 0 Å². The number of nitrogen functional groups attached to an aromatic ring is 1. The Morgan fingerprint density at radius 3 is 2.50 bits per heavy atom. The number of ether oxygens (including phenoxy) is 2. The molecule has 6 nitrogen and oxygen atoms in total. The van der Waals surface area contributed by atoms with Crippen molar-refractivity contribution in [3.63, 3.8) is 0 Å². The van der Waals surface area contributed by atoms with Crippen LogP contribution in [0.3, 0.4) is 0 Å². The highest BCUT2D eigenvalue weighted by molar-refractivity contribution is 5.85. The molecule has 1 aromatic carbocycles. The first-order valence-corrected chi connectivity index (χ1v) is 6.47. The van der Waals surface area contributed by atoms with E-state index in [9.17, 15) is 0 Å². The maximum Gasteiger partial charge on any atom is 0.240 e. The minimum atomic E-state index is 0. The Morgan fingerprint density at radius 1 is 1.09 bits per heavy atom. The summed E-state index contributed by atoms with van der Waals surface area (Å²) in [4.78, 5) is 4.15. The van der Waals surface area contributed by atoms with Crippen LogP contribution >= 0.6 is 12.4 Å². The highest BCUT2D eigenvalue weighted by Crippen LogP contribution is 2.33. The molecule has 0 amide bonds. The van der Waals surface area contributed by atoms with Gasteiger partial charge in [-0.1, -0.05) is 6.07 Å². The third kappa shape index (κ3) is 2.65. The molecule has 116 valence electrons. The molecule has 0 aliphatic carbocycles. The van der Waals surface area contributed by atoms with Crippen molar-refractivity contribution >= 4 is 24.0 Å². The number of hydrogen-bond acceptors (Lipinski definition) is 5. The van der Waals surface area contributed by atoms with Gasteiger partial charge >= 0.3 is 0 Å². The van der Waals surface area contributed by atoms with Gasteiger partial charge in [-0.2, -0.15) is 4.98 Å². The van der Waals surface area contributed by atoms with Crippen molar-refractivity contribution < 1.29 is 9.47 Å². The topological polar surface area (TPSA) is 74.7 Å². The number of pyridine rings is 1. The van der Waals surface area contributed by atoms with Crippen molar-refractivity contribution in [1.82, 2.24) is 14.6 Å². The van der Waals surface area contributed by atoms with E-state index in [1.807, 2.05) is 37.4 Å². The summed E-state index contributed by atoms with van der Waals surface area (Å²) in [5.74, 6) is 1.65. The van der Waals surface area contributed by atoms with Gasteiger partial charge < -0.3 is 15.2 Å². The minimum Gasteiger partial charge on any atom is -0.493 e. The summed E-state index contributed by atoms with van der Waals surface area (Å²) in [7, 11) is 3.24. The largest absolute Gasteiger partial charge is 0.493 e. The lowest BCUT2D eigenvalue weighted by Gasteiger charge is -2.11. The summed E-state index contributed by atoms with van der Waals surface area (Å²) in [6, 6.07) is 7.76. The number of halogens is 1. The second kappa shape index (κ2) is 6.11. The summed E-state index contributed by atoms with van der Waals surface area (Å²) in [5, 5.41) is 4.14. The van der Waals surface area contributed by atoms with Crippen LogP contribution in [0.15, 0.2) is 30.5 Å². The van der Waals surface area contributed by atoms with Crippen LogP contribution in [0, 0.1) is 6.92 Å². The SMILES string of the molecule is COc1ccc(-c2cn3nc(N)nc3cc2C)cc1OC.Cl. The summed E-state index contributed by atoms with van der Waals surface area (Å²) in [6.45, 7) is 2.02. The van der Waals surface area contributed by atoms with E-state index in [0.717, 1.165) is 22.3 Å². The average molecular weight is 321 g/mol. The molecule has 2 aromatic heterocycles. The first-order chi connectivity index (χ1) is 10.1. The molecule has 0 saturated carbocycles. The molecule has 0 spiro atoms. The lowest BCUT2D eigenvalue weighted by Crippen LogP contribution is -1.95. The van der Waals surface area contributed by atoms with Gasteiger partial charge in [0, 0.05) is 11.8 Å². The van der Waals surface area contributed by atoms with Crippen LogP contribution in [0.2, 0.25) is 0 Å². The Hall–Kier alpha value is -2.47. The van der Waals surface area contributed by atoms with Crippen LogP contribution in [0.25, 0.3) is 16.8 Å². The standard InChI is InChI=1S/C15H16N4O2.ClH/c1-9-6-14-17-15(16)18-19(14)8-11(9)10-4-5-12(20-2)13(7-10)21-3;/h4-8H,1-3H3,(H2,16,18);1H. The fourth-order valence-electron chi connectivity index (χ4n) is 2.35. The van der Waals surface area contributed by atoms with Crippen molar-refractivity contribution in [1.29, 1.82) is 0 Å². The Kier molecular flexibility index (Phi) is 4.42. The summed E-state index contributed by atoms with van der Waals surface area (Å²) >= 11 is 0. The fraction of sp³-hybridized carbons (Fsp3) is 0.200. The number of aromatic nitrogens is 3. The quantitative estimate of drug-likeness (QED) is 0.803. The lowest BCUT2D eigenvalue weighted by atomic mass is 10.0. The van der Waals surface area contributed by atoms with E-state index in [0.29, 0.717) is 11.5 Å². The molecule has 0 aliphatic rings. The van der Waals surface area contributed by atoms with Crippen LogP contribution < -0.4 is 15.2 Å². The molecule has 0 bridgehead atoms. The highest BCUT2D eigenvalue weighted by atomic mass is 35.5. The first-order valence-electron chi connectivity index (χ1n) is 6.47. The second-order valence-corrected chi connectivity index (χ2v) is 4.71. The van der Waals surface area contributed by atoms with E-state index in [4.69, 9.17) is 15.2 Å². The van der Waals surface area contributed by atoms with Crippen molar-refractivity contribution in [2.24, 2.45) is 0 Å². The number of methoxy groups -OCH3 is 2. The van der Waals surface area contributed by atoms with Gasteiger partial charge in [-0.15, -0.1) is 17.5 Å². The van der Waals surface area contributed by atoms with Crippen LogP contribution in [0.1, 0.15) is 5.56 Å². The van der Waals surface area contributed by atoms with Crippen LogP contribution in [0.5, 0.6) is 11.5 Å². The average Bonchev–Trinajstić information content (AvgIpc) is 2.84. The van der Waals surface area contributed by atoms with Gasteiger partial charge in [-0.25, -0.2) is 4.52 Å². The molecule has 3 aromatic rings. The van der Waals surface area contributed by atoms with Gasteiger partial charge in [-0.3, -0.25) is 0 Å². The minimum absolute atomic E-state index is 0. The number of fused-ring (bicyclic) bond motifs is 1. The van der Waals surface area contributed by atoms with Crippen molar-refractivity contribution in [3.05, 3.63) is 36.0 Å². The van der Waals surface area contributed by atoms with E-state index < -0.39 is 0 Å². The summed E-state index contributed by atoms with van der Waals surface area (Å²) < 4.78 is 12.3. The molecular weight excluding hydrogens is 304 g/mol. The molecule has 2 N–H and O–H groups in total. The Morgan fingerprint density at radius 2 is 1.82 bits per heavy atom. The molecule has 22 heavy (non-hydrogen) atoms. The number of anilines is 1. The zero-order chi connectivity index (χ0) is 15.0. The van der Waals surface area contributed by atoms with E-state index in [2.05, 4.69) is 10.1 Å². The predicted molar refractivity (Wildman–Crippen MR) is 87.9 cm³/mol. The van der Waals surface area contributed by atoms with Crippen molar-refractivity contribution in [2.45, 2.75) is 6.92 Å². The van der Waals surface area contributed by atoms with Gasteiger partial charge in [0.15, 0.2) is 17.1 Å². The van der Waals surface area contributed by atoms with E-state index in [-0.39, 0.29) is 18.4 Å². The molecule has 0 saturated heterocycles. The maximum atomic E-state index is 5.63. The Bertz CT molecular complexity index is 817. The zero-order valence-corrected chi connectivity index (χ0v) is 13.3. The molecule has 0 unspecified atom stereocenters. The molecular formula is C15H17ClN4O2. The van der Waals surface area contributed by atoms with E-state index in [1.54, 1.807) is 18.7 Å². The molecule has 3 rings (SSSR count). The number of aryl methyl sites for hydroxylation is 1. The number of rotatable bonds is 3. The van der Waals surface area contributed by atoms with Crippen LogP contribution in [-0.4, -0.2) is 28.8 Å². The van der Waals surface area contributed by atoms with Crippen molar-refractivity contribution in [3.8, 4) is 22.6 Å². The highest BCUT2D eigenvalue weighted by Gasteiger charge is 2.10. The van der Waals surface area contributed by atoms with Gasteiger partial charge in [-0.05, 0) is 36.2 Å². The summed E-state index contributed by atoms with van der Waals surface area (Å²) in [5.41, 5.74) is 9.50. The van der Waals surface area contributed by atoms with Gasteiger partial charge in [0.25, 0.3) is 0 Å². The molecule has 0 radical (unpaired) electrons. The smallest absolute Gasteiger partial charge is 0.240 e. The molecule has 7 heteroatoms. The summed E-state index contributed by atoms with van der Waals surface area (Å²) in [6.07, 6.45) is 1.91. The van der Waals surface area contributed by atoms with E-state index >= 15 is 0 Å². The molecule has 0 aliphatic heterocycles. The maximum absolute atomic E-state index is 5.63. The number of nitrogens with zero attached hydrogens (tertiary/aromatic N) is 3. The van der Waals surface area contributed by atoms with Crippen molar-refractivity contribution in [2.75, 3.05) is 20.0 Å². The zero-order valence-electron chi connectivity index (χ0n) is 12.5. The van der Waals surface area contributed by atoms with Gasteiger partial charge in [0.1, 0.15) is 0 Å². The molecule has 0 fully saturated rings. The first kappa shape index (κ1) is 15.9. The molecule has 0 atom stereocenters. The molecule has 2 heterocycles. The Balaban J connectivity index is 0.00000176. The normalized spacial score (nSPS) is 10.3. The van der Waals surface area contributed by atoms with Gasteiger partial charge in [0.05, 0.1) is 14.2 Å². The third-order valence-corrected chi connectivity index (χ3v) is 3.39. The third-order valence-electron chi connectivity index (χ3n) is 3.39. The van der Waals surface area contributed by atoms with E-state index in [1.165, 1.54) is 0 Å². The fourth-order valence-corrected chi connectivity index (χ4v) is 2.35. The lowest BCUT2D eigenvalue weighted by molar-refractivity contribution is 0.355. The van der Waals surface area contributed by atoms with Gasteiger partial charge in [0.2, 0.25) is 5.95 Å². The number of hydrogen-bond donors (Lipinski definition) is 1. The Labute approximate surface area is 134 Å². The second-order valence-electron chi connectivity index (χ2n) is 4.71. The number of nitrogens with two attached hydrogens (primary N) is 1. The van der Waals surface area contributed by atoms with Crippen LogP contribution in [0.4, 0.5) is 5.95 Å². The monoisotopic (exact) mass is 320 g/mol.